The van der Waals surface area contributed by atoms with Crippen LogP contribution in [0.25, 0.3) is 0 Å². The summed E-state index contributed by atoms with van der Waals surface area (Å²) < 4.78 is 34.9. The fourth-order valence-corrected chi connectivity index (χ4v) is 7.20. The van der Waals surface area contributed by atoms with Crippen LogP contribution in [0.3, 0.4) is 0 Å². The quantitative estimate of drug-likeness (QED) is 0.730. The van der Waals surface area contributed by atoms with Gasteiger partial charge in [0.15, 0.2) is 26.5 Å². The molecule has 2 aliphatic rings. The van der Waals surface area contributed by atoms with Crippen molar-refractivity contribution >= 4 is 32.7 Å². The number of nitrogens with zero attached hydrogens (tertiary/aromatic N) is 2. The number of thioether (sulfide) groups is 1. The monoisotopic (exact) mass is 426 g/mol. The van der Waals surface area contributed by atoms with Crippen molar-refractivity contribution in [1.29, 1.82) is 0 Å². The van der Waals surface area contributed by atoms with Crippen LogP contribution in [-0.2, 0) is 21.2 Å². The van der Waals surface area contributed by atoms with Crippen LogP contribution in [0, 0.1) is 5.41 Å². The van der Waals surface area contributed by atoms with Crippen LogP contribution >= 0.6 is 11.8 Å². The van der Waals surface area contributed by atoms with Crippen molar-refractivity contribution in [3.63, 3.8) is 0 Å². The van der Waals surface area contributed by atoms with Gasteiger partial charge in [0, 0.05) is 17.2 Å². The molecule has 3 rings (SSSR count). The van der Waals surface area contributed by atoms with Gasteiger partial charge in [0.2, 0.25) is 0 Å². The maximum Gasteiger partial charge on any atom is 0.253 e. The zero-order valence-corrected chi connectivity index (χ0v) is 18.4. The number of sulfone groups is 1. The van der Waals surface area contributed by atoms with E-state index >= 15 is 0 Å². The highest BCUT2D eigenvalue weighted by atomic mass is 32.2. The summed E-state index contributed by atoms with van der Waals surface area (Å²) in [4.78, 5) is 18.8. The molecule has 2 saturated heterocycles. The fraction of sp³-hybridized carbons (Fsp3) is 0.579. The number of hydrogen-bond acceptors (Lipinski definition) is 6. The topological polar surface area (TPSA) is 85.3 Å². The van der Waals surface area contributed by atoms with Gasteiger partial charge in [-0.25, -0.2) is 8.42 Å². The summed E-state index contributed by atoms with van der Waals surface area (Å²) in [6.07, 6.45) is 0. The Morgan fingerprint density at radius 2 is 1.89 bits per heavy atom. The van der Waals surface area contributed by atoms with E-state index in [-0.39, 0.29) is 28.7 Å². The van der Waals surface area contributed by atoms with E-state index in [1.54, 1.807) is 14.2 Å². The molecule has 0 spiro atoms. The van der Waals surface area contributed by atoms with E-state index in [1.165, 1.54) is 11.8 Å². The Morgan fingerprint density at radius 3 is 2.50 bits per heavy atom. The number of aliphatic imine (C=N–C) groups is 1. The third-order valence-corrected chi connectivity index (χ3v) is 8.06. The Morgan fingerprint density at radius 1 is 1.21 bits per heavy atom. The number of rotatable bonds is 4. The lowest BCUT2D eigenvalue weighted by Gasteiger charge is -2.25. The molecule has 0 N–H and O–H groups in total. The van der Waals surface area contributed by atoms with Gasteiger partial charge in [0.25, 0.3) is 5.91 Å². The maximum atomic E-state index is 12.5. The number of amides is 1. The Labute approximate surface area is 170 Å². The van der Waals surface area contributed by atoms with Gasteiger partial charge in [0.05, 0.1) is 31.8 Å². The third-order valence-electron chi connectivity index (χ3n) is 4.81. The highest BCUT2D eigenvalue weighted by molar-refractivity contribution is 8.15. The zero-order valence-electron chi connectivity index (χ0n) is 16.8. The van der Waals surface area contributed by atoms with Crippen molar-refractivity contribution < 1.29 is 22.7 Å². The first-order valence-corrected chi connectivity index (χ1v) is 11.7. The Hall–Kier alpha value is -1.74. The van der Waals surface area contributed by atoms with Crippen LogP contribution in [0.1, 0.15) is 26.3 Å². The van der Waals surface area contributed by atoms with Crippen molar-refractivity contribution in [1.82, 2.24) is 4.90 Å². The predicted octanol–water partition coefficient (Wildman–Crippen LogP) is 2.35. The summed E-state index contributed by atoms with van der Waals surface area (Å²) in [5, 5.41) is 0.497. The van der Waals surface area contributed by atoms with Crippen molar-refractivity contribution in [2.45, 2.75) is 38.6 Å². The molecule has 0 radical (unpaired) electrons. The molecule has 28 heavy (non-hydrogen) atoms. The summed E-state index contributed by atoms with van der Waals surface area (Å²) in [6, 6.07) is 5.40. The first-order chi connectivity index (χ1) is 13.0. The minimum absolute atomic E-state index is 0.0840. The molecule has 1 aromatic carbocycles. The molecule has 9 heteroatoms. The molecular formula is C19H26N2O5S2. The Balaban J connectivity index is 1.93. The van der Waals surface area contributed by atoms with Gasteiger partial charge >= 0.3 is 0 Å². The molecule has 2 heterocycles. The first kappa shape index (κ1) is 21.0. The lowest BCUT2D eigenvalue weighted by Crippen LogP contribution is -2.37. The van der Waals surface area contributed by atoms with Crippen LogP contribution in [0.4, 0.5) is 0 Å². The lowest BCUT2D eigenvalue weighted by atomic mass is 9.96. The highest BCUT2D eigenvalue weighted by Gasteiger charge is 2.49. The molecule has 2 aliphatic heterocycles. The fourth-order valence-electron chi connectivity index (χ4n) is 3.25. The summed E-state index contributed by atoms with van der Waals surface area (Å²) in [5.74, 6) is 1.22. The molecule has 0 unspecified atom stereocenters. The number of hydrogen-bond donors (Lipinski definition) is 0. The second-order valence-electron chi connectivity index (χ2n) is 8.07. The van der Waals surface area contributed by atoms with E-state index in [9.17, 15) is 13.2 Å². The molecule has 154 valence electrons. The van der Waals surface area contributed by atoms with Gasteiger partial charge in [-0.2, -0.15) is 4.99 Å². The van der Waals surface area contributed by atoms with Crippen LogP contribution in [0.15, 0.2) is 23.2 Å². The second-order valence-corrected chi connectivity index (χ2v) is 11.4. The molecule has 1 aromatic rings. The van der Waals surface area contributed by atoms with Crippen LogP contribution in [-0.4, -0.2) is 61.4 Å². The summed E-state index contributed by atoms with van der Waals surface area (Å²) >= 11 is 1.39. The van der Waals surface area contributed by atoms with Gasteiger partial charge in [-0.15, -0.1) is 0 Å². The highest BCUT2D eigenvalue weighted by Crippen LogP contribution is 2.40. The summed E-state index contributed by atoms with van der Waals surface area (Å²) in [6.45, 7) is 5.91. The van der Waals surface area contributed by atoms with Gasteiger partial charge in [0.1, 0.15) is 0 Å². The van der Waals surface area contributed by atoms with Crippen molar-refractivity contribution in [3.05, 3.63) is 23.8 Å². The Bertz CT molecular complexity index is 905. The number of ether oxygens (including phenoxy) is 2. The van der Waals surface area contributed by atoms with Gasteiger partial charge < -0.3 is 14.4 Å². The minimum Gasteiger partial charge on any atom is -0.493 e. The van der Waals surface area contributed by atoms with Crippen molar-refractivity contribution in [3.8, 4) is 11.5 Å². The maximum absolute atomic E-state index is 12.5. The summed E-state index contributed by atoms with van der Waals surface area (Å²) in [7, 11) is 0.0645. The minimum atomic E-state index is -3.08. The number of carbonyl (C=O) groups excluding carboxylic acids is 1. The molecule has 1 amide bonds. The van der Waals surface area contributed by atoms with E-state index in [0.29, 0.717) is 23.2 Å². The van der Waals surface area contributed by atoms with E-state index in [2.05, 4.69) is 4.99 Å². The molecular weight excluding hydrogens is 400 g/mol. The standard InChI is InChI=1S/C19H26N2O5S2/c1-19(2,3)17(22)20-18-21(13-10-28(23,24)11-16(13)27-18)9-12-6-7-14(25-4)15(8-12)26-5/h6-8,13,16H,9-11H2,1-5H3/t13-,16+/m1/s1. The van der Waals surface area contributed by atoms with Crippen LogP contribution in [0.5, 0.6) is 11.5 Å². The largest absolute Gasteiger partial charge is 0.493 e. The Kier molecular flexibility index (Phi) is 5.69. The van der Waals surface area contributed by atoms with E-state index in [1.807, 2.05) is 43.9 Å². The second kappa shape index (κ2) is 7.59. The SMILES string of the molecule is COc1ccc(CN2C(=NC(=O)C(C)(C)C)S[C@H]3CS(=O)(=O)C[C@H]32)cc1OC. The van der Waals surface area contributed by atoms with E-state index < -0.39 is 15.3 Å². The van der Waals surface area contributed by atoms with Gasteiger partial charge in [-0.05, 0) is 17.7 Å². The number of carbonyl (C=O) groups is 1. The van der Waals surface area contributed by atoms with E-state index in [0.717, 1.165) is 5.56 Å². The lowest BCUT2D eigenvalue weighted by molar-refractivity contribution is -0.124. The molecule has 0 aromatic heterocycles. The van der Waals surface area contributed by atoms with Gasteiger partial charge in [-0.3, -0.25) is 4.79 Å². The van der Waals surface area contributed by atoms with Gasteiger partial charge in [-0.1, -0.05) is 38.6 Å². The average molecular weight is 427 g/mol. The molecule has 2 atom stereocenters. The average Bonchev–Trinajstić information content (AvgIpc) is 3.06. The number of fused-ring (bicyclic) bond motifs is 1. The molecule has 0 aliphatic carbocycles. The number of amidine groups is 1. The smallest absolute Gasteiger partial charge is 0.253 e. The van der Waals surface area contributed by atoms with E-state index in [4.69, 9.17) is 9.47 Å². The molecule has 0 bridgehead atoms. The van der Waals surface area contributed by atoms with Crippen LogP contribution in [0.2, 0.25) is 0 Å². The normalized spacial score (nSPS) is 25.0. The molecule has 7 nitrogen and oxygen atoms in total. The van der Waals surface area contributed by atoms with Crippen molar-refractivity contribution in [2.24, 2.45) is 10.4 Å². The zero-order chi connectivity index (χ0) is 20.7. The number of benzene rings is 1. The predicted molar refractivity (Wildman–Crippen MR) is 111 cm³/mol. The van der Waals surface area contributed by atoms with Crippen molar-refractivity contribution in [2.75, 3.05) is 25.7 Å². The molecule has 0 saturated carbocycles. The number of methoxy groups -OCH3 is 2. The molecule has 2 fully saturated rings. The third kappa shape index (κ3) is 4.30. The summed E-state index contributed by atoms with van der Waals surface area (Å²) in [5.41, 5.74) is 0.339. The first-order valence-electron chi connectivity index (χ1n) is 9.02. The van der Waals surface area contributed by atoms with Crippen LogP contribution < -0.4 is 9.47 Å².